The Morgan fingerprint density at radius 3 is 2.65 bits per heavy atom. The second-order valence-corrected chi connectivity index (χ2v) is 4.63. The average Bonchev–Trinajstić information content (AvgIpc) is 2.66. The van der Waals surface area contributed by atoms with E-state index in [1.54, 1.807) is 31.2 Å². The van der Waals surface area contributed by atoms with E-state index in [-0.39, 0.29) is 19.1 Å². The van der Waals surface area contributed by atoms with Crippen molar-refractivity contribution < 1.29 is 19.2 Å². The summed E-state index contributed by atoms with van der Waals surface area (Å²) in [6, 6.07) is 6.39. The minimum atomic E-state index is -0.715. The van der Waals surface area contributed by atoms with Crippen molar-refractivity contribution in [3.63, 3.8) is 0 Å². The number of nitrogens with zero attached hydrogens (tertiary/aromatic N) is 2. The monoisotopic (exact) mass is 298 g/mol. The van der Waals surface area contributed by atoms with Crippen molar-refractivity contribution in [2.24, 2.45) is 0 Å². The third-order valence-electron chi connectivity index (χ3n) is 2.79. The summed E-state index contributed by atoms with van der Waals surface area (Å²) >= 11 is 5.83. The third-order valence-corrected chi connectivity index (χ3v) is 3.05. The van der Waals surface area contributed by atoms with E-state index in [0.29, 0.717) is 10.7 Å². The fourth-order valence-corrected chi connectivity index (χ4v) is 2.05. The maximum absolute atomic E-state index is 12.1. The van der Waals surface area contributed by atoms with Gasteiger partial charge in [0.1, 0.15) is 0 Å². The zero-order chi connectivity index (χ0) is 14.7. The van der Waals surface area contributed by atoms with Crippen molar-refractivity contribution in [2.75, 3.05) is 18.6 Å². The van der Waals surface area contributed by atoms with Gasteiger partial charge in [-0.15, -0.1) is 0 Å². The number of carbonyl (C=O) groups excluding carboxylic acids is 2. The molecule has 0 saturated carbocycles. The molecule has 0 aromatic heterocycles. The maximum atomic E-state index is 12.1. The van der Waals surface area contributed by atoms with Crippen molar-refractivity contribution in [3.05, 3.63) is 29.3 Å². The number of urea groups is 1. The molecule has 0 aliphatic carbocycles. The first-order chi connectivity index (χ1) is 9.52. The molecule has 108 valence electrons. The predicted molar refractivity (Wildman–Crippen MR) is 73.2 cm³/mol. The molecule has 1 fully saturated rings. The smallest absolute Gasteiger partial charge is 0.350 e. The molecule has 0 N–H and O–H groups in total. The van der Waals surface area contributed by atoms with Gasteiger partial charge in [0.15, 0.2) is 6.23 Å². The first-order valence-electron chi connectivity index (χ1n) is 6.17. The number of ether oxygens (including phenoxy) is 1. The van der Waals surface area contributed by atoms with E-state index in [4.69, 9.17) is 21.2 Å². The lowest BCUT2D eigenvalue weighted by molar-refractivity contribution is -0.152. The minimum Gasteiger partial charge on any atom is -0.466 e. The van der Waals surface area contributed by atoms with E-state index in [2.05, 4.69) is 0 Å². The normalized spacial score (nSPS) is 18.6. The molecule has 1 saturated heterocycles. The Balaban J connectivity index is 2.19. The number of halogens is 1. The summed E-state index contributed by atoms with van der Waals surface area (Å²) in [5.74, 6) is -0.417. The van der Waals surface area contributed by atoms with Crippen molar-refractivity contribution in [2.45, 2.75) is 19.6 Å². The van der Waals surface area contributed by atoms with Crippen LogP contribution in [0.25, 0.3) is 0 Å². The van der Waals surface area contributed by atoms with Gasteiger partial charge in [-0.3, -0.25) is 9.69 Å². The van der Waals surface area contributed by atoms with E-state index >= 15 is 0 Å². The second-order valence-electron chi connectivity index (χ2n) is 4.20. The molecule has 2 rings (SSSR count). The molecule has 20 heavy (non-hydrogen) atoms. The Hall–Kier alpha value is -1.79. The summed E-state index contributed by atoms with van der Waals surface area (Å²) in [5.41, 5.74) is 0.609. The van der Waals surface area contributed by atoms with Crippen LogP contribution in [0, 0.1) is 0 Å². The van der Waals surface area contributed by atoms with E-state index in [1.165, 1.54) is 11.9 Å². The maximum Gasteiger partial charge on any atom is 0.350 e. The topological polar surface area (TPSA) is 59.1 Å². The van der Waals surface area contributed by atoms with Crippen LogP contribution in [-0.4, -0.2) is 36.9 Å². The van der Waals surface area contributed by atoms with Crippen molar-refractivity contribution in [1.82, 2.24) is 5.06 Å². The molecule has 2 amide bonds. The van der Waals surface area contributed by atoms with Gasteiger partial charge in [0.05, 0.1) is 13.0 Å². The number of hydroxylamine groups is 2. The van der Waals surface area contributed by atoms with Crippen molar-refractivity contribution in [3.8, 4) is 0 Å². The highest BCUT2D eigenvalue weighted by atomic mass is 35.5. The van der Waals surface area contributed by atoms with Gasteiger partial charge < -0.3 is 4.74 Å². The lowest BCUT2D eigenvalue weighted by Gasteiger charge is -2.20. The van der Waals surface area contributed by atoms with Gasteiger partial charge in [0.2, 0.25) is 0 Å². The van der Waals surface area contributed by atoms with Gasteiger partial charge in [-0.05, 0) is 31.2 Å². The number of esters is 1. The van der Waals surface area contributed by atoms with Crippen LogP contribution in [-0.2, 0) is 14.4 Å². The number of anilines is 1. The number of hydrogen-bond donors (Lipinski definition) is 0. The van der Waals surface area contributed by atoms with Crippen LogP contribution in [0.3, 0.4) is 0 Å². The third kappa shape index (κ3) is 3.02. The van der Waals surface area contributed by atoms with Gasteiger partial charge >= 0.3 is 12.0 Å². The highest BCUT2D eigenvalue weighted by Crippen LogP contribution is 2.28. The van der Waals surface area contributed by atoms with Crippen LogP contribution < -0.4 is 4.90 Å². The first-order valence-corrected chi connectivity index (χ1v) is 6.55. The molecule has 6 nitrogen and oxygen atoms in total. The number of hydrogen-bond acceptors (Lipinski definition) is 4. The molecule has 1 aromatic carbocycles. The fourth-order valence-electron chi connectivity index (χ4n) is 1.92. The van der Waals surface area contributed by atoms with Crippen LogP contribution in [0.1, 0.15) is 13.3 Å². The van der Waals surface area contributed by atoms with Crippen LogP contribution in [0.5, 0.6) is 0 Å². The summed E-state index contributed by atoms with van der Waals surface area (Å²) in [6.07, 6.45) is -0.750. The van der Waals surface area contributed by atoms with E-state index < -0.39 is 12.2 Å². The summed E-state index contributed by atoms with van der Waals surface area (Å²) in [7, 11) is 1.50. The Bertz CT molecular complexity index is 506. The van der Waals surface area contributed by atoms with Gasteiger partial charge in [0.25, 0.3) is 0 Å². The minimum absolute atomic E-state index is 0.0352. The summed E-state index contributed by atoms with van der Waals surface area (Å²) in [5, 5.41) is 1.66. The van der Waals surface area contributed by atoms with E-state index in [1.807, 2.05) is 0 Å². The van der Waals surface area contributed by atoms with Crippen LogP contribution >= 0.6 is 11.6 Å². The van der Waals surface area contributed by atoms with Crippen molar-refractivity contribution >= 4 is 29.3 Å². The van der Waals surface area contributed by atoms with Crippen LogP contribution in [0.2, 0.25) is 5.02 Å². The van der Waals surface area contributed by atoms with E-state index in [0.717, 1.165) is 5.06 Å². The molecule has 1 aliphatic heterocycles. The average molecular weight is 299 g/mol. The molecule has 1 aliphatic rings. The van der Waals surface area contributed by atoms with Gasteiger partial charge in [-0.1, -0.05) is 11.6 Å². The quantitative estimate of drug-likeness (QED) is 0.801. The van der Waals surface area contributed by atoms with E-state index in [9.17, 15) is 9.59 Å². The molecular weight excluding hydrogens is 284 g/mol. The number of amides is 2. The molecule has 7 heteroatoms. The highest BCUT2D eigenvalue weighted by Gasteiger charge is 2.39. The standard InChI is InChI=1S/C13H15ClN2O4/c1-3-19-12(17)8-11-16(13(18)15(2)20-11)10-6-4-9(14)5-7-10/h4-7,11H,3,8H2,1-2H3/t11-/m1/s1. The molecule has 1 atom stereocenters. The SMILES string of the molecule is CCOC(=O)C[C@H]1ON(C)C(=O)N1c1ccc(Cl)cc1. The van der Waals surface area contributed by atoms with Gasteiger partial charge in [0, 0.05) is 17.8 Å². The van der Waals surface area contributed by atoms with Gasteiger partial charge in [-0.2, -0.15) is 0 Å². The molecule has 0 spiro atoms. The second kappa shape index (κ2) is 6.11. The van der Waals surface area contributed by atoms with Crippen LogP contribution in [0.4, 0.5) is 10.5 Å². The Kier molecular flexibility index (Phi) is 4.46. The van der Waals surface area contributed by atoms with Crippen LogP contribution in [0.15, 0.2) is 24.3 Å². The van der Waals surface area contributed by atoms with Crippen molar-refractivity contribution in [1.29, 1.82) is 0 Å². The fraction of sp³-hybridized carbons (Fsp3) is 0.385. The summed E-state index contributed by atoms with van der Waals surface area (Å²) in [4.78, 5) is 30.4. The highest BCUT2D eigenvalue weighted by molar-refractivity contribution is 6.30. The molecule has 0 unspecified atom stereocenters. The van der Waals surface area contributed by atoms with Gasteiger partial charge in [-0.25, -0.2) is 14.7 Å². The molecule has 1 aromatic rings. The Labute approximate surface area is 121 Å². The summed E-state index contributed by atoms with van der Waals surface area (Å²) in [6.45, 7) is 2.01. The lowest BCUT2D eigenvalue weighted by Crippen LogP contribution is -2.35. The first kappa shape index (κ1) is 14.6. The Morgan fingerprint density at radius 1 is 1.40 bits per heavy atom. The molecule has 1 heterocycles. The molecule has 0 radical (unpaired) electrons. The largest absolute Gasteiger partial charge is 0.466 e. The zero-order valence-electron chi connectivity index (χ0n) is 11.2. The Morgan fingerprint density at radius 2 is 2.05 bits per heavy atom. The molecular formula is C13H15ClN2O4. The number of benzene rings is 1. The lowest BCUT2D eigenvalue weighted by atomic mass is 10.2. The number of rotatable bonds is 4. The zero-order valence-corrected chi connectivity index (χ0v) is 12.0. The molecule has 0 bridgehead atoms. The summed E-state index contributed by atoms with van der Waals surface area (Å²) < 4.78 is 4.88. The predicted octanol–water partition coefficient (Wildman–Crippen LogP) is 2.42. The number of carbonyl (C=O) groups is 2.